The van der Waals surface area contributed by atoms with Gasteiger partial charge in [-0.3, -0.25) is 14.3 Å². The largest absolute Gasteiger partial charge is 0.344 e. The second-order valence-corrected chi connectivity index (χ2v) is 7.41. The lowest BCUT2D eigenvalue weighted by molar-refractivity contribution is -0.134. The van der Waals surface area contributed by atoms with Crippen molar-refractivity contribution < 1.29 is 9.59 Å². The van der Waals surface area contributed by atoms with E-state index in [4.69, 9.17) is 0 Å². The maximum absolute atomic E-state index is 12.9. The molecule has 2 fully saturated rings. The zero-order valence-corrected chi connectivity index (χ0v) is 15.5. The van der Waals surface area contributed by atoms with Crippen molar-refractivity contribution in [2.24, 2.45) is 13.0 Å². The van der Waals surface area contributed by atoms with Gasteiger partial charge >= 0.3 is 0 Å². The molecule has 0 radical (unpaired) electrons. The summed E-state index contributed by atoms with van der Waals surface area (Å²) in [6, 6.07) is 9.52. The van der Waals surface area contributed by atoms with Crippen LogP contribution in [0.4, 0.5) is 0 Å². The predicted molar refractivity (Wildman–Crippen MR) is 101 cm³/mol. The summed E-state index contributed by atoms with van der Waals surface area (Å²) in [7, 11) is 1.87. The number of aryl methyl sites for hydroxylation is 1. The van der Waals surface area contributed by atoms with Gasteiger partial charge < -0.3 is 15.5 Å². The first kappa shape index (κ1) is 17.7. The molecule has 0 aliphatic carbocycles. The Kier molecular flexibility index (Phi) is 4.94. The van der Waals surface area contributed by atoms with E-state index in [2.05, 4.69) is 15.7 Å². The third-order valence-corrected chi connectivity index (χ3v) is 5.53. The first-order valence-electron chi connectivity index (χ1n) is 9.44. The van der Waals surface area contributed by atoms with Gasteiger partial charge in [0.25, 0.3) is 0 Å². The van der Waals surface area contributed by atoms with Crippen LogP contribution in [0, 0.1) is 5.92 Å². The van der Waals surface area contributed by atoms with E-state index in [1.165, 1.54) is 0 Å². The number of aromatic nitrogens is 2. The summed E-state index contributed by atoms with van der Waals surface area (Å²) < 4.78 is 1.75. The minimum absolute atomic E-state index is 0.0103. The van der Waals surface area contributed by atoms with Crippen LogP contribution in [0.3, 0.4) is 0 Å². The molecule has 4 rings (SSSR count). The second kappa shape index (κ2) is 7.52. The average molecular weight is 367 g/mol. The first-order chi connectivity index (χ1) is 13.1. The molecule has 2 saturated heterocycles. The highest BCUT2D eigenvalue weighted by molar-refractivity contribution is 5.90. The normalized spacial score (nSPS) is 25.1. The third-order valence-electron chi connectivity index (χ3n) is 5.53. The minimum Gasteiger partial charge on any atom is -0.344 e. The molecule has 2 amide bonds. The van der Waals surface area contributed by atoms with Crippen LogP contribution in [0.15, 0.2) is 42.7 Å². The monoisotopic (exact) mass is 367 g/mol. The molecule has 2 aliphatic rings. The van der Waals surface area contributed by atoms with Crippen molar-refractivity contribution in [2.75, 3.05) is 19.6 Å². The molecule has 142 valence electrons. The van der Waals surface area contributed by atoms with Crippen LogP contribution in [0.2, 0.25) is 0 Å². The number of hydrogen-bond acceptors (Lipinski definition) is 4. The van der Waals surface area contributed by atoms with Crippen LogP contribution < -0.4 is 10.6 Å². The fourth-order valence-corrected chi connectivity index (χ4v) is 4.05. The second-order valence-electron chi connectivity index (χ2n) is 7.41. The Labute approximate surface area is 158 Å². The first-order valence-corrected chi connectivity index (χ1v) is 9.44. The summed E-state index contributed by atoms with van der Waals surface area (Å²) in [5, 5.41) is 10.5. The maximum atomic E-state index is 12.9. The van der Waals surface area contributed by atoms with Crippen molar-refractivity contribution in [3.05, 3.63) is 53.9 Å². The molecule has 7 nitrogen and oxygen atoms in total. The third kappa shape index (κ3) is 3.73. The number of amides is 2. The Morgan fingerprint density at radius 3 is 2.85 bits per heavy atom. The highest BCUT2D eigenvalue weighted by Gasteiger charge is 2.38. The zero-order chi connectivity index (χ0) is 18.8. The van der Waals surface area contributed by atoms with Crippen LogP contribution in [0.5, 0.6) is 0 Å². The van der Waals surface area contributed by atoms with Gasteiger partial charge in [0.05, 0.1) is 12.1 Å². The molecule has 1 aromatic carbocycles. The Morgan fingerprint density at radius 2 is 2.11 bits per heavy atom. The Balaban J connectivity index is 1.37. The Morgan fingerprint density at radius 1 is 1.30 bits per heavy atom. The SMILES string of the molecule is Cn1cc([C@H]2CNC[C@@H]2C(=O)NC2CCN(Cc3ccccc3)C2=O)cn1. The number of carbonyl (C=O) groups is 2. The van der Waals surface area contributed by atoms with E-state index in [1.54, 1.807) is 4.68 Å². The molecule has 2 aromatic rings. The molecule has 3 heterocycles. The summed E-state index contributed by atoms with van der Waals surface area (Å²) in [5.74, 6) is -0.120. The zero-order valence-electron chi connectivity index (χ0n) is 15.5. The lowest BCUT2D eigenvalue weighted by atomic mass is 9.90. The Hall–Kier alpha value is -2.67. The smallest absolute Gasteiger partial charge is 0.245 e. The van der Waals surface area contributed by atoms with E-state index in [9.17, 15) is 9.59 Å². The number of rotatable bonds is 5. The summed E-state index contributed by atoms with van der Waals surface area (Å²) >= 11 is 0. The lowest BCUT2D eigenvalue weighted by Gasteiger charge is -2.20. The average Bonchev–Trinajstić information content (AvgIpc) is 3.39. The molecule has 0 spiro atoms. The van der Waals surface area contributed by atoms with Gasteiger partial charge in [-0.15, -0.1) is 0 Å². The fourth-order valence-electron chi connectivity index (χ4n) is 4.05. The molecule has 27 heavy (non-hydrogen) atoms. The molecule has 2 N–H and O–H groups in total. The van der Waals surface area contributed by atoms with Crippen LogP contribution >= 0.6 is 0 Å². The molecule has 7 heteroatoms. The van der Waals surface area contributed by atoms with Gasteiger partial charge in [0, 0.05) is 45.3 Å². The number of carbonyl (C=O) groups excluding carboxylic acids is 2. The molecule has 2 aliphatic heterocycles. The van der Waals surface area contributed by atoms with Gasteiger partial charge in [-0.1, -0.05) is 30.3 Å². The van der Waals surface area contributed by atoms with Gasteiger partial charge in [-0.05, 0) is 17.5 Å². The van der Waals surface area contributed by atoms with Crippen LogP contribution in [0.25, 0.3) is 0 Å². The molecular formula is C20H25N5O2. The van der Waals surface area contributed by atoms with Gasteiger partial charge in [0.15, 0.2) is 0 Å². The highest BCUT2D eigenvalue weighted by atomic mass is 16.2. The lowest BCUT2D eigenvalue weighted by Crippen LogP contribution is -2.45. The molecule has 0 bridgehead atoms. The minimum atomic E-state index is -0.420. The molecular weight excluding hydrogens is 342 g/mol. The van der Waals surface area contributed by atoms with E-state index < -0.39 is 6.04 Å². The van der Waals surface area contributed by atoms with Crippen molar-refractivity contribution in [3.8, 4) is 0 Å². The number of nitrogens with zero attached hydrogens (tertiary/aromatic N) is 3. The summed E-state index contributed by atoms with van der Waals surface area (Å²) in [4.78, 5) is 27.4. The van der Waals surface area contributed by atoms with Crippen molar-refractivity contribution in [1.29, 1.82) is 0 Å². The number of likely N-dealkylation sites (tertiary alicyclic amines) is 1. The number of benzene rings is 1. The van der Waals surface area contributed by atoms with E-state index >= 15 is 0 Å². The fraction of sp³-hybridized carbons (Fsp3) is 0.450. The van der Waals surface area contributed by atoms with Gasteiger partial charge in [0.2, 0.25) is 11.8 Å². The van der Waals surface area contributed by atoms with Crippen LogP contribution in [0.1, 0.15) is 23.5 Å². The predicted octanol–water partition coefficient (Wildman–Crippen LogP) is 0.640. The molecule has 0 saturated carbocycles. The van der Waals surface area contributed by atoms with Gasteiger partial charge in [0.1, 0.15) is 6.04 Å². The number of hydrogen-bond donors (Lipinski definition) is 2. The molecule has 1 unspecified atom stereocenters. The Bertz CT molecular complexity index is 819. The molecule has 1 aromatic heterocycles. The topological polar surface area (TPSA) is 79.3 Å². The molecule has 3 atom stereocenters. The standard InChI is InChI=1S/C20H25N5O2/c1-24-13-15(9-22-24)16-10-21-11-17(16)19(26)23-18-7-8-25(20(18)27)12-14-5-3-2-4-6-14/h2-6,9,13,16-18,21H,7-8,10-12H2,1H3,(H,23,26)/t16-,17+,18?/m1/s1. The van der Waals surface area contributed by atoms with Crippen molar-refractivity contribution >= 4 is 11.8 Å². The summed E-state index contributed by atoms with van der Waals surface area (Å²) in [6.07, 6.45) is 4.44. The van der Waals surface area contributed by atoms with Crippen molar-refractivity contribution in [3.63, 3.8) is 0 Å². The van der Waals surface area contributed by atoms with Crippen molar-refractivity contribution in [1.82, 2.24) is 25.3 Å². The van der Waals surface area contributed by atoms with E-state index in [0.717, 1.165) is 17.7 Å². The van der Waals surface area contributed by atoms with Gasteiger partial charge in [-0.2, -0.15) is 5.10 Å². The van der Waals surface area contributed by atoms with Gasteiger partial charge in [-0.25, -0.2) is 0 Å². The number of nitrogens with one attached hydrogen (secondary N) is 2. The van der Waals surface area contributed by atoms with E-state index in [1.807, 2.05) is 54.7 Å². The van der Waals surface area contributed by atoms with E-state index in [-0.39, 0.29) is 23.7 Å². The quantitative estimate of drug-likeness (QED) is 0.813. The summed E-state index contributed by atoms with van der Waals surface area (Å²) in [5.41, 5.74) is 2.17. The van der Waals surface area contributed by atoms with Crippen LogP contribution in [-0.4, -0.2) is 52.2 Å². The highest BCUT2D eigenvalue weighted by Crippen LogP contribution is 2.28. The maximum Gasteiger partial charge on any atom is 0.245 e. The van der Waals surface area contributed by atoms with Crippen LogP contribution in [-0.2, 0) is 23.2 Å². The van der Waals surface area contributed by atoms with Crippen molar-refractivity contribution in [2.45, 2.75) is 24.9 Å². The van der Waals surface area contributed by atoms with E-state index in [0.29, 0.717) is 26.1 Å². The summed E-state index contributed by atoms with van der Waals surface area (Å²) in [6.45, 7) is 2.64.